The standard InChI is InChI=1S/C15H18N2O3S2/c1-9-5-4-6-10(2)14(9)17-12-7-22(19,20)8-13(12)21-15(17)16-11(3)18/h4-6,12-13H,7-8H2,1-3H3/t12-,13+/m1/s1. The van der Waals surface area contributed by atoms with Gasteiger partial charge in [-0.1, -0.05) is 30.0 Å². The summed E-state index contributed by atoms with van der Waals surface area (Å²) < 4.78 is 23.9. The summed E-state index contributed by atoms with van der Waals surface area (Å²) in [5, 5.41) is 0.567. The summed E-state index contributed by atoms with van der Waals surface area (Å²) in [4.78, 5) is 17.5. The molecule has 7 heteroatoms. The van der Waals surface area contributed by atoms with Gasteiger partial charge in [0, 0.05) is 17.9 Å². The molecule has 1 aromatic rings. The number of nitrogens with zero attached hydrogens (tertiary/aromatic N) is 2. The maximum absolute atomic E-state index is 12.0. The first-order valence-corrected chi connectivity index (χ1v) is 9.80. The smallest absolute Gasteiger partial charge is 0.244 e. The second-order valence-corrected chi connectivity index (χ2v) is 9.18. The van der Waals surface area contributed by atoms with Crippen LogP contribution in [0, 0.1) is 13.8 Å². The minimum Gasteiger partial charge on any atom is -0.315 e. The number of amidine groups is 1. The van der Waals surface area contributed by atoms with Crippen molar-refractivity contribution in [3.05, 3.63) is 29.3 Å². The second-order valence-electron chi connectivity index (χ2n) is 5.82. The zero-order valence-corrected chi connectivity index (χ0v) is 14.4. The monoisotopic (exact) mass is 338 g/mol. The predicted molar refractivity (Wildman–Crippen MR) is 90.3 cm³/mol. The van der Waals surface area contributed by atoms with Gasteiger partial charge < -0.3 is 4.90 Å². The molecule has 118 valence electrons. The van der Waals surface area contributed by atoms with E-state index >= 15 is 0 Å². The molecule has 0 saturated carbocycles. The minimum absolute atomic E-state index is 0.0536. The molecule has 2 aliphatic heterocycles. The van der Waals surface area contributed by atoms with Crippen LogP contribution >= 0.6 is 11.8 Å². The van der Waals surface area contributed by atoms with Crippen LogP contribution in [-0.4, -0.2) is 42.3 Å². The third-order valence-electron chi connectivity index (χ3n) is 4.00. The number of aryl methyl sites for hydroxylation is 2. The molecular formula is C15H18N2O3S2. The number of carbonyl (C=O) groups is 1. The highest BCUT2D eigenvalue weighted by molar-refractivity contribution is 8.16. The lowest BCUT2D eigenvalue weighted by Gasteiger charge is -2.27. The van der Waals surface area contributed by atoms with Gasteiger partial charge in [-0.3, -0.25) is 4.79 Å². The average Bonchev–Trinajstić information content (AvgIpc) is 2.81. The third-order valence-corrected chi connectivity index (χ3v) is 7.21. The lowest BCUT2D eigenvalue weighted by molar-refractivity contribution is -0.115. The fourth-order valence-electron chi connectivity index (χ4n) is 3.15. The molecule has 0 aliphatic carbocycles. The summed E-state index contributed by atoms with van der Waals surface area (Å²) in [6.45, 7) is 5.41. The highest BCUT2D eigenvalue weighted by Crippen LogP contribution is 2.42. The van der Waals surface area contributed by atoms with Crippen molar-refractivity contribution in [2.24, 2.45) is 4.99 Å². The number of fused-ring (bicyclic) bond motifs is 1. The van der Waals surface area contributed by atoms with Crippen LogP contribution in [0.1, 0.15) is 18.1 Å². The SMILES string of the molecule is CC(=O)N=C1S[C@H]2CS(=O)(=O)C[C@H]2N1c1c(C)cccc1C. The van der Waals surface area contributed by atoms with Gasteiger partial charge in [-0.15, -0.1) is 0 Å². The summed E-state index contributed by atoms with van der Waals surface area (Å²) in [5.74, 6) is 0.0114. The van der Waals surface area contributed by atoms with E-state index in [9.17, 15) is 13.2 Å². The fraction of sp³-hybridized carbons (Fsp3) is 0.467. The van der Waals surface area contributed by atoms with Crippen LogP contribution < -0.4 is 4.90 Å². The Morgan fingerprint density at radius 1 is 1.27 bits per heavy atom. The summed E-state index contributed by atoms with van der Waals surface area (Å²) in [6.07, 6.45) is 0. The number of hydrogen-bond acceptors (Lipinski definition) is 4. The molecule has 1 aromatic carbocycles. The quantitative estimate of drug-likeness (QED) is 0.783. The number of sulfone groups is 1. The first-order chi connectivity index (χ1) is 10.3. The number of rotatable bonds is 1. The van der Waals surface area contributed by atoms with E-state index < -0.39 is 9.84 Å². The number of anilines is 1. The molecule has 5 nitrogen and oxygen atoms in total. The van der Waals surface area contributed by atoms with Gasteiger partial charge in [-0.25, -0.2) is 8.42 Å². The Balaban J connectivity index is 2.13. The Morgan fingerprint density at radius 3 is 2.50 bits per heavy atom. The normalized spacial score (nSPS) is 28.1. The Bertz CT molecular complexity index is 751. The molecule has 2 heterocycles. The number of benzene rings is 1. The second kappa shape index (κ2) is 5.38. The summed E-state index contributed by atoms with van der Waals surface area (Å²) in [7, 11) is -3.03. The van der Waals surface area contributed by atoms with Crippen LogP contribution in [0.2, 0.25) is 0 Å². The van der Waals surface area contributed by atoms with Crippen LogP contribution in [0.15, 0.2) is 23.2 Å². The van der Waals surface area contributed by atoms with Crippen molar-refractivity contribution in [1.82, 2.24) is 0 Å². The first kappa shape index (κ1) is 15.6. The van der Waals surface area contributed by atoms with E-state index in [2.05, 4.69) is 4.99 Å². The van der Waals surface area contributed by atoms with Crippen LogP contribution in [0.4, 0.5) is 5.69 Å². The molecule has 0 radical (unpaired) electrons. The molecular weight excluding hydrogens is 320 g/mol. The molecule has 0 N–H and O–H groups in total. The molecule has 2 fully saturated rings. The molecule has 0 spiro atoms. The zero-order chi connectivity index (χ0) is 16.1. The number of carbonyl (C=O) groups excluding carboxylic acids is 1. The Morgan fingerprint density at radius 2 is 1.91 bits per heavy atom. The van der Waals surface area contributed by atoms with Crippen LogP contribution in [0.25, 0.3) is 0 Å². The summed E-state index contributed by atoms with van der Waals surface area (Å²) >= 11 is 1.41. The van der Waals surface area contributed by atoms with E-state index in [1.54, 1.807) is 0 Å². The maximum Gasteiger partial charge on any atom is 0.244 e. The highest BCUT2D eigenvalue weighted by atomic mass is 32.2. The fourth-order valence-corrected chi connectivity index (χ4v) is 7.09. The Hall–Kier alpha value is -1.34. The minimum atomic E-state index is -3.03. The van der Waals surface area contributed by atoms with Gasteiger partial charge in [0.15, 0.2) is 15.0 Å². The topological polar surface area (TPSA) is 66.8 Å². The van der Waals surface area contributed by atoms with Crippen LogP contribution in [-0.2, 0) is 14.6 Å². The third kappa shape index (κ3) is 2.67. The van der Waals surface area contributed by atoms with E-state index in [1.165, 1.54) is 18.7 Å². The van der Waals surface area contributed by atoms with Crippen molar-refractivity contribution in [2.45, 2.75) is 32.1 Å². The van der Waals surface area contributed by atoms with E-state index in [4.69, 9.17) is 0 Å². The van der Waals surface area contributed by atoms with E-state index in [0.717, 1.165) is 16.8 Å². The highest BCUT2D eigenvalue weighted by Gasteiger charge is 2.49. The molecule has 2 atom stereocenters. The van der Waals surface area contributed by atoms with Crippen molar-refractivity contribution in [2.75, 3.05) is 16.4 Å². The largest absolute Gasteiger partial charge is 0.315 e. The predicted octanol–water partition coefficient (Wildman–Crippen LogP) is 1.92. The molecule has 0 bridgehead atoms. The van der Waals surface area contributed by atoms with E-state index in [0.29, 0.717) is 5.17 Å². The lowest BCUT2D eigenvalue weighted by Crippen LogP contribution is -2.38. The van der Waals surface area contributed by atoms with Gasteiger partial charge in [0.25, 0.3) is 0 Å². The van der Waals surface area contributed by atoms with E-state index in [-0.39, 0.29) is 28.7 Å². The van der Waals surface area contributed by atoms with Crippen molar-refractivity contribution in [3.8, 4) is 0 Å². The molecule has 3 rings (SSSR count). The average molecular weight is 338 g/mol. The zero-order valence-electron chi connectivity index (χ0n) is 12.7. The number of aliphatic imine (C=N–C) groups is 1. The van der Waals surface area contributed by atoms with E-state index in [1.807, 2.05) is 36.9 Å². The van der Waals surface area contributed by atoms with Crippen molar-refractivity contribution >= 4 is 38.4 Å². The molecule has 1 amide bonds. The number of amides is 1. The van der Waals surface area contributed by atoms with Crippen LogP contribution in [0.3, 0.4) is 0 Å². The van der Waals surface area contributed by atoms with Crippen LogP contribution in [0.5, 0.6) is 0 Å². The number of thioether (sulfide) groups is 1. The molecule has 0 unspecified atom stereocenters. The van der Waals surface area contributed by atoms with Gasteiger partial charge in [-0.2, -0.15) is 4.99 Å². The first-order valence-electron chi connectivity index (χ1n) is 7.10. The summed E-state index contributed by atoms with van der Waals surface area (Å²) in [5.41, 5.74) is 3.09. The Labute approximate surface area is 134 Å². The van der Waals surface area contributed by atoms with Gasteiger partial charge in [-0.05, 0) is 25.0 Å². The number of hydrogen-bond donors (Lipinski definition) is 0. The lowest BCUT2D eigenvalue weighted by atomic mass is 10.1. The number of para-hydroxylation sites is 1. The van der Waals surface area contributed by atoms with Gasteiger partial charge in [0.05, 0.1) is 17.5 Å². The summed E-state index contributed by atoms with van der Waals surface area (Å²) in [6, 6.07) is 5.82. The van der Waals surface area contributed by atoms with Gasteiger partial charge in [0.1, 0.15) is 0 Å². The molecule has 2 aliphatic rings. The van der Waals surface area contributed by atoms with Crippen molar-refractivity contribution in [3.63, 3.8) is 0 Å². The molecule has 22 heavy (non-hydrogen) atoms. The van der Waals surface area contributed by atoms with Crippen molar-refractivity contribution in [1.29, 1.82) is 0 Å². The Kier molecular flexibility index (Phi) is 3.81. The molecule has 0 aromatic heterocycles. The maximum atomic E-state index is 12.0. The van der Waals surface area contributed by atoms with Gasteiger partial charge in [0.2, 0.25) is 5.91 Å². The van der Waals surface area contributed by atoms with Gasteiger partial charge >= 0.3 is 0 Å². The molecule has 2 saturated heterocycles. The van der Waals surface area contributed by atoms with Crippen molar-refractivity contribution < 1.29 is 13.2 Å².